The Morgan fingerprint density at radius 1 is 1.52 bits per heavy atom. The summed E-state index contributed by atoms with van der Waals surface area (Å²) in [6, 6.07) is 2.34. The maximum absolute atomic E-state index is 13.2. The Labute approximate surface area is 127 Å². The van der Waals surface area contributed by atoms with Crippen molar-refractivity contribution in [3.8, 4) is 0 Å². The highest BCUT2D eigenvalue weighted by Gasteiger charge is 2.40. The van der Waals surface area contributed by atoms with Gasteiger partial charge in [-0.2, -0.15) is 4.31 Å². The van der Waals surface area contributed by atoms with Crippen molar-refractivity contribution >= 4 is 27.6 Å². The van der Waals surface area contributed by atoms with Gasteiger partial charge in [-0.25, -0.2) is 12.8 Å². The topological polar surface area (TPSA) is 63.7 Å². The van der Waals surface area contributed by atoms with E-state index in [1.54, 1.807) is 6.92 Å². The zero-order valence-electron chi connectivity index (χ0n) is 11.4. The van der Waals surface area contributed by atoms with Gasteiger partial charge in [0.2, 0.25) is 10.0 Å². The van der Waals surface area contributed by atoms with Gasteiger partial charge in [-0.15, -0.1) is 0 Å². The van der Waals surface area contributed by atoms with Crippen LogP contribution >= 0.6 is 11.6 Å². The van der Waals surface area contributed by atoms with Crippen LogP contribution in [0.3, 0.4) is 0 Å². The van der Waals surface area contributed by atoms with Crippen LogP contribution in [-0.4, -0.2) is 37.9 Å². The van der Waals surface area contributed by atoms with Crippen LogP contribution in [-0.2, 0) is 19.6 Å². The van der Waals surface area contributed by atoms with E-state index in [0.717, 1.165) is 22.5 Å². The number of benzene rings is 1. The van der Waals surface area contributed by atoms with Crippen LogP contribution in [0.1, 0.15) is 19.8 Å². The number of halogens is 2. The second kappa shape index (κ2) is 6.29. The summed E-state index contributed by atoms with van der Waals surface area (Å²) < 4.78 is 44.3. The minimum Gasteiger partial charge on any atom is -0.465 e. The van der Waals surface area contributed by atoms with Crippen molar-refractivity contribution in [1.82, 2.24) is 4.31 Å². The van der Waals surface area contributed by atoms with E-state index < -0.39 is 27.9 Å². The van der Waals surface area contributed by atoms with E-state index in [1.807, 2.05) is 0 Å². The fourth-order valence-electron chi connectivity index (χ4n) is 2.27. The largest absolute Gasteiger partial charge is 0.465 e. The predicted octanol–water partition coefficient (Wildman–Crippen LogP) is 2.20. The van der Waals surface area contributed by atoms with Crippen molar-refractivity contribution in [2.24, 2.45) is 0 Å². The second-order valence-corrected chi connectivity index (χ2v) is 6.90. The molecule has 1 atom stereocenters. The molecule has 0 N–H and O–H groups in total. The molecule has 1 aromatic carbocycles. The first-order valence-corrected chi connectivity index (χ1v) is 8.33. The lowest BCUT2D eigenvalue weighted by Crippen LogP contribution is -2.41. The number of hydrogen-bond donors (Lipinski definition) is 0. The number of hydrogen-bond acceptors (Lipinski definition) is 4. The lowest BCUT2D eigenvalue weighted by atomic mass is 10.2. The highest BCUT2D eigenvalue weighted by atomic mass is 35.5. The van der Waals surface area contributed by atoms with Gasteiger partial charge >= 0.3 is 5.97 Å². The van der Waals surface area contributed by atoms with Crippen molar-refractivity contribution in [2.75, 3.05) is 13.2 Å². The first-order chi connectivity index (χ1) is 9.87. The standard InChI is InChI=1S/C13H15ClFNO4S/c1-2-20-13(17)12-4-3-7-16(12)21(18,19)9-5-6-11(15)10(14)8-9/h5-6,8,12H,2-4,7H2,1H3. The highest BCUT2D eigenvalue weighted by molar-refractivity contribution is 7.89. The van der Waals surface area contributed by atoms with Crippen LogP contribution in [0, 0.1) is 5.82 Å². The van der Waals surface area contributed by atoms with Crippen LogP contribution in [0.2, 0.25) is 5.02 Å². The summed E-state index contributed by atoms with van der Waals surface area (Å²) >= 11 is 5.63. The van der Waals surface area contributed by atoms with Gasteiger partial charge in [-0.1, -0.05) is 11.6 Å². The average molecular weight is 336 g/mol. The van der Waals surface area contributed by atoms with Gasteiger partial charge < -0.3 is 4.74 Å². The number of ether oxygens (including phenoxy) is 1. The molecule has 116 valence electrons. The van der Waals surface area contributed by atoms with Gasteiger partial charge in [0.25, 0.3) is 0 Å². The summed E-state index contributed by atoms with van der Waals surface area (Å²) in [6.45, 7) is 2.07. The van der Waals surface area contributed by atoms with Crippen molar-refractivity contribution in [1.29, 1.82) is 0 Å². The van der Waals surface area contributed by atoms with Gasteiger partial charge in [0.15, 0.2) is 0 Å². The van der Waals surface area contributed by atoms with Crippen LogP contribution in [0.25, 0.3) is 0 Å². The van der Waals surface area contributed by atoms with E-state index in [1.165, 1.54) is 0 Å². The molecule has 1 aliphatic rings. The van der Waals surface area contributed by atoms with Gasteiger partial charge in [0, 0.05) is 6.54 Å². The number of nitrogens with zero attached hydrogens (tertiary/aromatic N) is 1. The third-order valence-corrected chi connectivity index (χ3v) is 5.45. The van der Waals surface area contributed by atoms with E-state index >= 15 is 0 Å². The number of rotatable bonds is 4. The van der Waals surface area contributed by atoms with E-state index in [2.05, 4.69) is 0 Å². The Morgan fingerprint density at radius 2 is 2.24 bits per heavy atom. The molecule has 1 unspecified atom stereocenters. The van der Waals surface area contributed by atoms with E-state index in [0.29, 0.717) is 12.8 Å². The molecule has 0 aromatic heterocycles. The third kappa shape index (κ3) is 3.20. The third-order valence-electron chi connectivity index (χ3n) is 3.26. The molecule has 1 fully saturated rings. The summed E-state index contributed by atoms with van der Waals surface area (Å²) in [7, 11) is -3.91. The molecule has 0 saturated carbocycles. The molecule has 1 heterocycles. The second-order valence-electron chi connectivity index (χ2n) is 4.60. The van der Waals surface area contributed by atoms with Crippen molar-refractivity contribution in [3.05, 3.63) is 29.0 Å². The first kappa shape index (κ1) is 16.2. The van der Waals surface area contributed by atoms with Crippen LogP contribution in [0.5, 0.6) is 0 Å². The predicted molar refractivity (Wildman–Crippen MR) is 75.0 cm³/mol. The number of sulfonamides is 1. The quantitative estimate of drug-likeness (QED) is 0.791. The van der Waals surface area contributed by atoms with Gasteiger partial charge in [-0.05, 0) is 38.0 Å². The van der Waals surface area contributed by atoms with Crippen LogP contribution < -0.4 is 0 Å². The molecule has 1 aromatic rings. The SMILES string of the molecule is CCOC(=O)C1CCCN1S(=O)(=O)c1ccc(F)c(Cl)c1. The Balaban J connectivity index is 2.33. The van der Waals surface area contributed by atoms with Gasteiger partial charge in [-0.3, -0.25) is 4.79 Å². The molecular weight excluding hydrogens is 321 g/mol. The maximum Gasteiger partial charge on any atom is 0.324 e. The Hall–Kier alpha value is -1.18. The molecule has 0 aliphatic carbocycles. The summed E-state index contributed by atoms with van der Waals surface area (Å²) in [5.74, 6) is -1.26. The van der Waals surface area contributed by atoms with Crippen molar-refractivity contribution in [2.45, 2.75) is 30.7 Å². The molecule has 0 spiro atoms. The van der Waals surface area contributed by atoms with Gasteiger partial charge in [0.05, 0.1) is 16.5 Å². The zero-order chi connectivity index (χ0) is 15.6. The van der Waals surface area contributed by atoms with Crippen LogP contribution in [0.15, 0.2) is 23.1 Å². The van der Waals surface area contributed by atoms with Crippen molar-refractivity contribution < 1.29 is 22.3 Å². The Morgan fingerprint density at radius 3 is 2.86 bits per heavy atom. The number of carbonyl (C=O) groups is 1. The highest BCUT2D eigenvalue weighted by Crippen LogP contribution is 2.28. The lowest BCUT2D eigenvalue weighted by Gasteiger charge is -2.22. The number of carbonyl (C=O) groups excluding carboxylic acids is 1. The normalized spacial score (nSPS) is 19.7. The minimum atomic E-state index is -3.91. The molecule has 1 aliphatic heterocycles. The monoisotopic (exact) mass is 335 g/mol. The molecule has 0 radical (unpaired) electrons. The minimum absolute atomic E-state index is 0.134. The van der Waals surface area contributed by atoms with Gasteiger partial charge in [0.1, 0.15) is 11.9 Å². The molecule has 5 nitrogen and oxygen atoms in total. The van der Waals surface area contributed by atoms with E-state index in [4.69, 9.17) is 16.3 Å². The molecule has 0 bridgehead atoms. The summed E-state index contributed by atoms with van der Waals surface area (Å²) in [5, 5.41) is -0.275. The molecule has 1 saturated heterocycles. The molecule has 2 rings (SSSR count). The summed E-state index contributed by atoms with van der Waals surface area (Å²) in [6.07, 6.45) is 0.977. The van der Waals surface area contributed by atoms with Crippen molar-refractivity contribution in [3.63, 3.8) is 0 Å². The van der Waals surface area contributed by atoms with Crippen LogP contribution in [0.4, 0.5) is 4.39 Å². The summed E-state index contributed by atoms with van der Waals surface area (Å²) in [5.41, 5.74) is 0. The lowest BCUT2D eigenvalue weighted by molar-refractivity contribution is -0.146. The van der Waals surface area contributed by atoms with E-state index in [9.17, 15) is 17.6 Å². The zero-order valence-corrected chi connectivity index (χ0v) is 13.0. The average Bonchev–Trinajstić information content (AvgIpc) is 2.92. The van der Waals surface area contributed by atoms with E-state index in [-0.39, 0.29) is 23.1 Å². The summed E-state index contributed by atoms with van der Waals surface area (Å²) in [4.78, 5) is 11.7. The number of esters is 1. The Bertz CT molecular complexity index is 650. The Kier molecular flexibility index (Phi) is 4.85. The maximum atomic E-state index is 13.2. The molecular formula is C13H15ClFNO4S. The smallest absolute Gasteiger partial charge is 0.324 e. The molecule has 0 amide bonds. The fourth-order valence-corrected chi connectivity index (χ4v) is 4.19. The molecule has 8 heteroatoms. The molecule has 21 heavy (non-hydrogen) atoms. The first-order valence-electron chi connectivity index (χ1n) is 6.51. The fraction of sp³-hybridized carbons (Fsp3) is 0.462.